The zero-order valence-corrected chi connectivity index (χ0v) is 61.7. The van der Waals surface area contributed by atoms with Crippen molar-refractivity contribution < 1.29 is 59.1 Å². The molecule has 0 saturated carbocycles. The number of unbranched alkanes of at least 4 members (excludes halogenated alkanes) is 24. The van der Waals surface area contributed by atoms with Gasteiger partial charge in [-0.05, 0) is 74.9 Å². The summed E-state index contributed by atoms with van der Waals surface area (Å²) in [5, 5.41) is 71.7. The third-order valence-electron chi connectivity index (χ3n) is 17.9. The molecule has 0 spiro atoms. The van der Waals surface area contributed by atoms with Gasteiger partial charge in [0.2, 0.25) is 0 Å². The van der Waals surface area contributed by atoms with E-state index in [1.54, 1.807) is 72.8 Å². The van der Waals surface area contributed by atoms with Crippen LogP contribution in [0.2, 0.25) is 0 Å². The third kappa shape index (κ3) is 26.1. The summed E-state index contributed by atoms with van der Waals surface area (Å²) < 4.78 is 38.9. The highest BCUT2D eigenvalue weighted by Gasteiger charge is 2.16. The van der Waals surface area contributed by atoms with Gasteiger partial charge in [-0.1, -0.05) is 196 Å². The van der Waals surface area contributed by atoms with Crippen LogP contribution in [-0.2, 0) is 0 Å². The molecular weight excluding hydrogens is 1280 g/mol. The first-order valence-electron chi connectivity index (χ1n) is 38.1. The summed E-state index contributed by atoms with van der Waals surface area (Å²) >= 11 is 0. The molecule has 102 heavy (non-hydrogen) atoms. The number of hydrogen-bond donors (Lipinski definition) is 6. The maximum atomic E-state index is 11.8. The van der Waals surface area contributed by atoms with Gasteiger partial charge in [0.25, 0.3) is 0 Å². The molecule has 0 amide bonds. The molecule has 0 radical (unpaired) electrons. The fourth-order valence-electron chi connectivity index (χ4n) is 11.5. The van der Waals surface area contributed by atoms with E-state index in [-0.39, 0.29) is 32.3 Å². The van der Waals surface area contributed by atoms with Crippen LogP contribution in [-0.4, -0.2) is 100 Å². The van der Waals surface area contributed by atoms with Crippen LogP contribution >= 0.6 is 0 Å². The molecule has 0 aliphatic rings. The van der Waals surface area contributed by atoms with Gasteiger partial charge >= 0.3 is 0 Å². The number of rotatable bonds is 42. The lowest BCUT2D eigenvalue weighted by molar-refractivity contribution is 0.259. The molecule has 0 aliphatic heterocycles. The molecule has 0 aliphatic carbocycles. The Bertz CT molecular complexity index is 3410. The summed E-state index contributed by atoms with van der Waals surface area (Å²) in [5.74, 6) is -0.0474. The predicted octanol–water partition coefficient (Wildman–Crippen LogP) is 22.4. The van der Waals surface area contributed by atoms with Gasteiger partial charge in [0, 0.05) is 106 Å². The van der Waals surface area contributed by atoms with Gasteiger partial charge in [-0.25, -0.2) is 0 Å². The highest BCUT2D eigenvalue weighted by Crippen LogP contribution is 2.39. The van der Waals surface area contributed by atoms with Gasteiger partial charge in [-0.3, -0.25) is 29.9 Å². The minimum absolute atomic E-state index is 0.174. The molecule has 10 rings (SSSR count). The van der Waals surface area contributed by atoms with Gasteiger partial charge in [-0.2, -0.15) is 0 Å². The molecule has 552 valence electrons. The molecule has 18 nitrogen and oxygen atoms in total. The highest BCUT2D eigenvalue weighted by molar-refractivity contribution is 5.86. The van der Waals surface area contributed by atoms with Crippen molar-refractivity contribution in [3.63, 3.8) is 0 Å². The monoisotopic (exact) mass is 1400 g/mol. The Hall–Kier alpha value is -9.06. The van der Waals surface area contributed by atoms with E-state index in [0.717, 1.165) is 193 Å². The molecule has 6 bridgehead atoms. The molecule has 0 saturated heterocycles. The molecule has 6 N–H and O–H groups in total. The van der Waals surface area contributed by atoms with Crippen molar-refractivity contribution in [1.29, 1.82) is 0 Å². The summed E-state index contributed by atoms with van der Waals surface area (Å²) in [4.78, 5) is 29.2. The van der Waals surface area contributed by atoms with Gasteiger partial charge in [0.1, 0.15) is 0 Å². The zero-order chi connectivity index (χ0) is 72.5. The SMILES string of the molecule is CCCCCCCOc1cc2ncc3ccc(cnc4cc(OCCCCCCC)c(OCCCCCCC)cc4ncc4ccc(cnc5cc(OCCCCCCC)c(OCCCCCCC)cc5ncc5ccc(cnc2cc1OCCCCCCC)c(O)c5O)c(O)c4O)c(O)c3O. The number of aromatic nitrogens is 6. The Labute approximate surface area is 604 Å². The van der Waals surface area contributed by atoms with Crippen LogP contribution in [0.3, 0.4) is 0 Å². The minimum atomic E-state index is -0.465. The normalized spacial score (nSPS) is 11.1. The van der Waals surface area contributed by atoms with Gasteiger partial charge in [-0.15, -0.1) is 0 Å². The second kappa shape index (κ2) is 45.7. The molecule has 0 atom stereocenters. The van der Waals surface area contributed by atoms with Gasteiger partial charge in [0.05, 0.1) is 72.7 Å². The average Bonchev–Trinajstić information content (AvgIpc) is 0.817. The van der Waals surface area contributed by atoms with Crippen LogP contribution in [0.15, 0.2) is 110 Å². The first-order valence-corrected chi connectivity index (χ1v) is 38.1. The second-order valence-corrected chi connectivity index (χ2v) is 26.3. The molecule has 4 heterocycles. The average molecular weight is 1400 g/mol. The van der Waals surface area contributed by atoms with Crippen molar-refractivity contribution in [1.82, 2.24) is 29.9 Å². The molecule has 10 aromatic rings. The topological polar surface area (TPSA) is 254 Å². The maximum Gasteiger partial charge on any atom is 0.167 e. The lowest BCUT2D eigenvalue weighted by Crippen LogP contribution is -2.03. The Morgan fingerprint density at radius 3 is 0.480 bits per heavy atom. The Morgan fingerprint density at radius 1 is 0.206 bits per heavy atom. The van der Waals surface area contributed by atoms with Crippen molar-refractivity contribution in [3.8, 4) is 69.0 Å². The number of phenolic OH excluding ortho intramolecular Hbond substituents is 6. The van der Waals surface area contributed by atoms with Crippen molar-refractivity contribution in [2.45, 2.75) is 234 Å². The summed E-state index contributed by atoms with van der Waals surface area (Å²) in [7, 11) is 0. The number of hydrogen-bond acceptors (Lipinski definition) is 18. The quantitative estimate of drug-likeness (QED) is 0.0154. The van der Waals surface area contributed by atoms with Gasteiger partial charge in [0.15, 0.2) is 69.0 Å². The summed E-state index contributed by atoms with van der Waals surface area (Å²) in [5.41, 5.74) is 1.90. The van der Waals surface area contributed by atoms with Crippen molar-refractivity contribution in [2.75, 3.05) is 39.6 Å². The van der Waals surface area contributed by atoms with E-state index in [9.17, 15) is 30.6 Å². The van der Waals surface area contributed by atoms with E-state index in [2.05, 4.69) is 41.5 Å². The fourth-order valence-corrected chi connectivity index (χ4v) is 11.5. The lowest BCUT2D eigenvalue weighted by Gasteiger charge is -2.13. The van der Waals surface area contributed by atoms with E-state index in [0.29, 0.717) is 107 Å². The molecule has 4 aromatic heterocycles. The smallest absolute Gasteiger partial charge is 0.167 e. The Balaban J connectivity index is 1.52. The van der Waals surface area contributed by atoms with E-state index in [1.807, 2.05) is 0 Å². The number of nitrogens with zero attached hydrogens (tertiary/aromatic N) is 6. The van der Waals surface area contributed by atoms with Crippen LogP contribution < -0.4 is 28.4 Å². The van der Waals surface area contributed by atoms with E-state index in [4.69, 9.17) is 58.3 Å². The highest BCUT2D eigenvalue weighted by atomic mass is 16.5. The largest absolute Gasteiger partial charge is 0.504 e. The Morgan fingerprint density at radius 2 is 0.343 bits per heavy atom. The van der Waals surface area contributed by atoms with Crippen LogP contribution in [0, 0.1) is 0 Å². The van der Waals surface area contributed by atoms with Crippen LogP contribution in [0.5, 0.6) is 69.0 Å². The van der Waals surface area contributed by atoms with E-state index < -0.39 is 34.5 Å². The number of fused-ring (bicyclic) bond motifs is 3. The molecule has 18 heteroatoms. The third-order valence-corrected chi connectivity index (χ3v) is 17.9. The maximum absolute atomic E-state index is 11.8. The predicted molar refractivity (Wildman–Crippen MR) is 413 cm³/mol. The number of aromatic hydroxyl groups is 6. The van der Waals surface area contributed by atoms with Crippen molar-refractivity contribution in [2.24, 2.45) is 0 Å². The molecule has 0 unspecified atom stereocenters. The molecule has 6 aromatic carbocycles. The zero-order valence-electron chi connectivity index (χ0n) is 61.7. The van der Waals surface area contributed by atoms with E-state index >= 15 is 0 Å². The van der Waals surface area contributed by atoms with E-state index in [1.165, 1.54) is 37.2 Å². The summed E-state index contributed by atoms with van der Waals surface area (Å²) in [6, 6.07) is 20.1. The molecular formula is C84H114N6O12. The second-order valence-electron chi connectivity index (χ2n) is 26.3. The standard InChI is InChI=1S/C84H114N6O12/c1-7-13-19-25-31-43-97-73-49-67-68(50-74(73)98-44-32-26-20-14-8-2)86-56-62-39-40-64(82(94)80(62)92)58-88-71-53-77(101-47-35-29-23-17-11-5)78(102-48-36-30-24-18-12-6)54-72(71)90-60-66-42-41-65(83(95)84(66)96)59-89-70-52-76(100-46-34-28-22-16-10-4)75(99-45-33-27-21-15-9-3)51-69(70)87-57-63-38-37-61(55-85-67)79(91)81(63)93/h37-42,49-60,91-96H,7-36,43-48H2,1-6H3. The fraction of sp³-hybridized carbons (Fsp3) is 0.500. The Kier molecular flexibility index (Phi) is 36.0. The first-order chi connectivity index (χ1) is 49.9. The minimum Gasteiger partial charge on any atom is -0.504 e. The van der Waals surface area contributed by atoms with Crippen LogP contribution in [0.4, 0.5) is 0 Å². The number of phenols is 6. The van der Waals surface area contributed by atoms with Crippen molar-refractivity contribution >= 4 is 65.4 Å². The summed E-state index contributed by atoms with van der Waals surface area (Å²) in [6.45, 7) is 15.7. The number of ether oxygens (including phenoxy) is 6. The lowest BCUT2D eigenvalue weighted by atomic mass is 10.1. The summed E-state index contributed by atoms with van der Waals surface area (Å²) in [6.07, 6.45) is 39.6. The van der Waals surface area contributed by atoms with Crippen LogP contribution in [0.25, 0.3) is 65.4 Å². The van der Waals surface area contributed by atoms with Crippen LogP contribution in [0.1, 0.15) is 234 Å². The molecule has 0 fully saturated rings. The first kappa shape index (κ1) is 80.3. The van der Waals surface area contributed by atoms with Gasteiger partial charge < -0.3 is 59.1 Å². The number of benzene rings is 6. The van der Waals surface area contributed by atoms with Crippen molar-refractivity contribution in [3.05, 3.63) is 110 Å².